The van der Waals surface area contributed by atoms with Crippen molar-refractivity contribution in [2.24, 2.45) is 0 Å². The number of amides is 2. The lowest BCUT2D eigenvalue weighted by Gasteiger charge is -2.12. The van der Waals surface area contributed by atoms with Crippen LogP contribution in [0.4, 0.5) is 0 Å². The smallest absolute Gasteiger partial charge is 0.261 e. The molecule has 8 heteroatoms. The summed E-state index contributed by atoms with van der Waals surface area (Å²) in [6, 6.07) is 7.89. The Hall–Kier alpha value is -1.35. The molecule has 124 valence electrons. The van der Waals surface area contributed by atoms with Gasteiger partial charge in [0.05, 0.1) is 10.1 Å². The molecule has 2 aromatic heterocycles. The third-order valence-corrected chi connectivity index (χ3v) is 6.49. The molecule has 0 saturated heterocycles. The van der Waals surface area contributed by atoms with Gasteiger partial charge in [-0.05, 0) is 43.9 Å². The molecule has 0 aliphatic rings. The quantitative estimate of drug-likeness (QED) is 0.517. The molecule has 0 bridgehead atoms. The number of carbonyl (C=O) groups is 2. The Morgan fingerprint density at radius 3 is 2.52 bits per heavy atom. The predicted molar refractivity (Wildman–Crippen MR) is 96.6 cm³/mol. The maximum absolute atomic E-state index is 12.1. The predicted octanol–water partition coefficient (Wildman–Crippen LogP) is 3.14. The fourth-order valence-corrected chi connectivity index (χ4v) is 4.49. The van der Waals surface area contributed by atoms with Crippen molar-refractivity contribution in [3.8, 4) is 9.75 Å². The highest BCUT2D eigenvalue weighted by atomic mass is 32.2. The summed E-state index contributed by atoms with van der Waals surface area (Å²) >= 11 is 4.50. The van der Waals surface area contributed by atoms with Crippen LogP contribution in [0.25, 0.3) is 9.75 Å². The molecule has 2 aromatic rings. The molecule has 0 saturated carbocycles. The largest absolute Gasteiger partial charge is 0.351 e. The van der Waals surface area contributed by atoms with Gasteiger partial charge in [0, 0.05) is 21.2 Å². The second-order valence-electron chi connectivity index (χ2n) is 4.82. The van der Waals surface area contributed by atoms with E-state index >= 15 is 0 Å². The van der Waals surface area contributed by atoms with Gasteiger partial charge in [0.2, 0.25) is 0 Å². The summed E-state index contributed by atoms with van der Waals surface area (Å²) in [5.74, 6) is -0.586. The van der Waals surface area contributed by atoms with Crippen LogP contribution < -0.4 is 10.8 Å². The van der Waals surface area contributed by atoms with E-state index < -0.39 is 5.91 Å². The molecular formula is C15H18N2O3S3. The summed E-state index contributed by atoms with van der Waals surface area (Å²) in [5.41, 5.74) is 1.64. The Bertz CT molecular complexity index is 681. The third kappa shape index (κ3) is 4.81. The SMILES string of the molecule is CSC(CCNC(=O)c1ccc(-c2ccc(C)s2)s1)C(=O)NO. The van der Waals surface area contributed by atoms with E-state index in [1.807, 2.05) is 12.1 Å². The minimum absolute atomic E-state index is 0.140. The lowest BCUT2D eigenvalue weighted by molar-refractivity contribution is -0.128. The van der Waals surface area contributed by atoms with Crippen LogP contribution in [0.3, 0.4) is 0 Å². The van der Waals surface area contributed by atoms with Crippen LogP contribution in [-0.2, 0) is 4.79 Å². The Morgan fingerprint density at radius 1 is 1.22 bits per heavy atom. The minimum atomic E-state index is -0.446. The first-order chi connectivity index (χ1) is 11.0. The number of hydrogen-bond acceptors (Lipinski definition) is 6. The summed E-state index contributed by atoms with van der Waals surface area (Å²) in [6.07, 6.45) is 2.25. The van der Waals surface area contributed by atoms with Crippen LogP contribution in [0.2, 0.25) is 0 Å². The summed E-state index contributed by atoms with van der Waals surface area (Å²) in [4.78, 5) is 27.6. The zero-order chi connectivity index (χ0) is 16.8. The molecule has 5 nitrogen and oxygen atoms in total. The standard InChI is InChI=1S/C15H18N2O3S3/c1-9-3-4-10(22-9)11-5-6-13(23-11)14(18)16-8-7-12(21-2)15(19)17-20/h3-6,12,20H,7-8H2,1-2H3,(H,16,18)(H,17,19). The maximum Gasteiger partial charge on any atom is 0.261 e. The number of nitrogens with one attached hydrogen (secondary N) is 2. The lowest BCUT2D eigenvalue weighted by atomic mass is 10.3. The molecule has 2 heterocycles. The first kappa shape index (κ1) is 18.0. The summed E-state index contributed by atoms with van der Waals surface area (Å²) in [6.45, 7) is 2.43. The second kappa shape index (κ2) is 8.49. The maximum atomic E-state index is 12.1. The van der Waals surface area contributed by atoms with E-state index in [4.69, 9.17) is 5.21 Å². The van der Waals surface area contributed by atoms with Gasteiger partial charge in [-0.25, -0.2) is 5.48 Å². The van der Waals surface area contributed by atoms with Crippen molar-refractivity contribution in [1.82, 2.24) is 10.8 Å². The highest BCUT2D eigenvalue weighted by molar-refractivity contribution is 7.99. The summed E-state index contributed by atoms with van der Waals surface area (Å²) in [7, 11) is 0. The molecule has 23 heavy (non-hydrogen) atoms. The van der Waals surface area contributed by atoms with Crippen LogP contribution in [0.5, 0.6) is 0 Å². The number of hydroxylamine groups is 1. The van der Waals surface area contributed by atoms with Crippen LogP contribution >= 0.6 is 34.4 Å². The molecule has 0 fully saturated rings. The molecule has 0 spiro atoms. The van der Waals surface area contributed by atoms with Crippen LogP contribution in [0, 0.1) is 6.92 Å². The zero-order valence-electron chi connectivity index (χ0n) is 12.8. The fraction of sp³-hybridized carbons (Fsp3) is 0.333. The molecule has 3 N–H and O–H groups in total. The minimum Gasteiger partial charge on any atom is -0.351 e. The molecule has 2 rings (SSSR count). The second-order valence-corrected chi connectivity index (χ2v) is 8.23. The average molecular weight is 371 g/mol. The van der Waals surface area contributed by atoms with Crippen molar-refractivity contribution in [3.05, 3.63) is 34.0 Å². The van der Waals surface area contributed by atoms with Crippen LogP contribution in [0.1, 0.15) is 21.0 Å². The number of rotatable bonds is 7. The van der Waals surface area contributed by atoms with E-state index in [0.717, 1.165) is 9.75 Å². The van der Waals surface area contributed by atoms with Gasteiger partial charge in [-0.3, -0.25) is 14.8 Å². The van der Waals surface area contributed by atoms with Gasteiger partial charge < -0.3 is 5.32 Å². The molecule has 0 radical (unpaired) electrons. The Labute approximate surface area is 147 Å². The van der Waals surface area contributed by atoms with Crippen LogP contribution in [0.15, 0.2) is 24.3 Å². The van der Waals surface area contributed by atoms with Gasteiger partial charge >= 0.3 is 0 Å². The fourth-order valence-electron chi connectivity index (χ4n) is 1.99. The first-order valence-corrected chi connectivity index (χ1v) is 9.89. The molecule has 2 amide bonds. The Balaban J connectivity index is 1.89. The molecule has 1 unspecified atom stereocenters. The number of hydrogen-bond donors (Lipinski definition) is 3. The molecular weight excluding hydrogens is 352 g/mol. The highest BCUT2D eigenvalue weighted by Crippen LogP contribution is 2.33. The number of aryl methyl sites for hydroxylation is 1. The van der Waals surface area contributed by atoms with Crippen molar-refractivity contribution >= 4 is 46.2 Å². The van der Waals surface area contributed by atoms with Crippen molar-refractivity contribution in [2.75, 3.05) is 12.8 Å². The van der Waals surface area contributed by atoms with Crippen molar-refractivity contribution in [2.45, 2.75) is 18.6 Å². The number of thioether (sulfide) groups is 1. The summed E-state index contributed by atoms with van der Waals surface area (Å²) < 4.78 is 0. The number of carbonyl (C=O) groups excluding carboxylic acids is 2. The van der Waals surface area contributed by atoms with Crippen molar-refractivity contribution in [3.63, 3.8) is 0 Å². The van der Waals surface area contributed by atoms with Gasteiger partial charge in [0.25, 0.3) is 11.8 Å². The number of thiophene rings is 2. The molecule has 0 aromatic carbocycles. The van der Waals surface area contributed by atoms with E-state index in [1.165, 1.54) is 28.0 Å². The highest BCUT2D eigenvalue weighted by Gasteiger charge is 2.17. The van der Waals surface area contributed by atoms with E-state index in [1.54, 1.807) is 23.1 Å². The zero-order valence-corrected chi connectivity index (χ0v) is 15.2. The monoisotopic (exact) mass is 370 g/mol. The Kier molecular flexibility index (Phi) is 6.64. The molecule has 0 aliphatic heterocycles. The van der Waals surface area contributed by atoms with E-state index in [-0.39, 0.29) is 11.2 Å². The van der Waals surface area contributed by atoms with Gasteiger partial charge in [-0.2, -0.15) is 11.8 Å². The molecule has 1 atom stereocenters. The topological polar surface area (TPSA) is 78.4 Å². The normalized spacial score (nSPS) is 12.0. The Morgan fingerprint density at radius 2 is 1.91 bits per heavy atom. The van der Waals surface area contributed by atoms with E-state index in [0.29, 0.717) is 17.8 Å². The van der Waals surface area contributed by atoms with Crippen molar-refractivity contribution in [1.29, 1.82) is 0 Å². The van der Waals surface area contributed by atoms with Crippen molar-refractivity contribution < 1.29 is 14.8 Å². The lowest BCUT2D eigenvalue weighted by Crippen LogP contribution is -2.33. The van der Waals surface area contributed by atoms with Gasteiger partial charge in [0.15, 0.2) is 0 Å². The van der Waals surface area contributed by atoms with E-state index in [2.05, 4.69) is 24.4 Å². The van der Waals surface area contributed by atoms with E-state index in [9.17, 15) is 9.59 Å². The average Bonchev–Trinajstić information content (AvgIpc) is 3.19. The van der Waals surface area contributed by atoms with Gasteiger partial charge in [-0.15, -0.1) is 22.7 Å². The molecule has 0 aliphatic carbocycles. The third-order valence-electron chi connectivity index (χ3n) is 3.19. The van der Waals surface area contributed by atoms with Gasteiger partial charge in [0.1, 0.15) is 0 Å². The summed E-state index contributed by atoms with van der Waals surface area (Å²) in [5, 5.41) is 11.1. The van der Waals surface area contributed by atoms with Gasteiger partial charge in [-0.1, -0.05) is 0 Å². The first-order valence-electron chi connectivity index (χ1n) is 6.96. The van der Waals surface area contributed by atoms with Crippen LogP contribution in [-0.4, -0.2) is 35.1 Å².